The average Bonchev–Trinajstić information content (AvgIpc) is 2.39. The number of rotatable bonds is 9. The summed E-state index contributed by atoms with van der Waals surface area (Å²) in [4.78, 5) is 0. The van der Waals surface area contributed by atoms with Gasteiger partial charge in [0, 0.05) is 19.3 Å². The predicted octanol–water partition coefficient (Wildman–Crippen LogP) is 3.58. The molecule has 19 heavy (non-hydrogen) atoms. The van der Waals surface area contributed by atoms with Crippen LogP contribution in [0.2, 0.25) is 6.04 Å². The SMILES string of the molecule is CCCO[SiH](CCc1ccc(F)cc1F)OCCC. The molecule has 0 aromatic heterocycles. The van der Waals surface area contributed by atoms with Crippen molar-refractivity contribution in [1.29, 1.82) is 0 Å². The molecule has 0 radical (unpaired) electrons. The second kappa shape index (κ2) is 9.17. The smallest absolute Gasteiger partial charge is 0.321 e. The number of halogens is 2. The van der Waals surface area contributed by atoms with E-state index in [4.69, 9.17) is 8.85 Å². The molecule has 0 aliphatic carbocycles. The Bertz CT molecular complexity index is 366. The van der Waals surface area contributed by atoms with Gasteiger partial charge in [0.1, 0.15) is 11.6 Å². The molecule has 0 spiro atoms. The van der Waals surface area contributed by atoms with Gasteiger partial charge in [-0.05, 0) is 36.9 Å². The van der Waals surface area contributed by atoms with Crippen LogP contribution in [0.5, 0.6) is 0 Å². The Hall–Kier alpha value is -0.783. The Morgan fingerprint density at radius 3 is 2.21 bits per heavy atom. The Labute approximate surface area is 115 Å². The maximum Gasteiger partial charge on any atom is 0.321 e. The number of hydrogen-bond donors (Lipinski definition) is 0. The largest absolute Gasteiger partial charge is 0.397 e. The molecule has 2 nitrogen and oxygen atoms in total. The molecule has 0 heterocycles. The molecule has 0 atom stereocenters. The Balaban J connectivity index is 2.49. The number of hydrogen-bond acceptors (Lipinski definition) is 2. The summed E-state index contributed by atoms with van der Waals surface area (Å²) < 4.78 is 37.7. The minimum Gasteiger partial charge on any atom is -0.397 e. The second-order valence-corrected chi connectivity index (χ2v) is 6.55. The lowest BCUT2D eigenvalue weighted by atomic mass is 10.1. The van der Waals surface area contributed by atoms with Crippen molar-refractivity contribution in [1.82, 2.24) is 0 Å². The van der Waals surface area contributed by atoms with Crippen LogP contribution in [-0.2, 0) is 15.3 Å². The molecule has 0 aliphatic heterocycles. The molecule has 0 saturated heterocycles. The van der Waals surface area contributed by atoms with Crippen LogP contribution in [0.3, 0.4) is 0 Å². The van der Waals surface area contributed by atoms with E-state index < -0.39 is 20.9 Å². The molecule has 0 fully saturated rings. The predicted molar refractivity (Wildman–Crippen MR) is 74.5 cm³/mol. The molecule has 0 saturated carbocycles. The van der Waals surface area contributed by atoms with Gasteiger partial charge < -0.3 is 8.85 Å². The summed E-state index contributed by atoms with van der Waals surface area (Å²) in [6, 6.07) is 4.42. The molecule has 1 aromatic rings. The van der Waals surface area contributed by atoms with E-state index >= 15 is 0 Å². The van der Waals surface area contributed by atoms with Crippen LogP contribution in [0.1, 0.15) is 32.3 Å². The van der Waals surface area contributed by atoms with Gasteiger partial charge >= 0.3 is 9.28 Å². The standard InChI is InChI=1S/C14H22F2O2Si/c1-3-8-17-19(18-9-4-2)10-7-12-5-6-13(15)11-14(12)16/h5-6,11,19H,3-4,7-10H2,1-2H3. The monoisotopic (exact) mass is 288 g/mol. The molecular formula is C14H22F2O2Si. The van der Waals surface area contributed by atoms with Crippen molar-refractivity contribution < 1.29 is 17.6 Å². The molecule has 1 rings (SSSR count). The molecule has 5 heteroatoms. The Morgan fingerprint density at radius 1 is 1.05 bits per heavy atom. The summed E-state index contributed by atoms with van der Waals surface area (Å²) in [5, 5.41) is 0. The quantitative estimate of drug-likeness (QED) is 0.647. The fourth-order valence-corrected chi connectivity index (χ4v) is 3.68. The number of aryl methyl sites for hydroxylation is 1. The summed E-state index contributed by atoms with van der Waals surface area (Å²) in [6.45, 7) is 5.47. The van der Waals surface area contributed by atoms with Crippen LogP contribution in [0.15, 0.2) is 18.2 Å². The average molecular weight is 288 g/mol. The summed E-state index contributed by atoms with van der Waals surface area (Å²) in [5.41, 5.74) is 0.527. The normalized spacial score (nSPS) is 11.2. The maximum atomic E-state index is 13.5. The van der Waals surface area contributed by atoms with E-state index in [1.807, 2.05) is 13.8 Å². The first-order valence-corrected chi connectivity index (χ1v) is 8.60. The van der Waals surface area contributed by atoms with E-state index in [0.29, 0.717) is 31.2 Å². The van der Waals surface area contributed by atoms with Crippen molar-refractivity contribution >= 4 is 9.28 Å². The van der Waals surface area contributed by atoms with E-state index in [1.54, 1.807) is 0 Å². The lowest BCUT2D eigenvalue weighted by Crippen LogP contribution is -2.24. The highest BCUT2D eigenvalue weighted by Gasteiger charge is 2.14. The van der Waals surface area contributed by atoms with Crippen LogP contribution in [0.25, 0.3) is 0 Å². The van der Waals surface area contributed by atoms with Gasteiger partial charge in [-0.25, -0.2) is 8.78 Å². The zero-order valence-corrected chi connectivity index (χ0v) is 12.8. The van der Waals surface area contributed by atoms with Gasteiger partial charge in [0.25, 0.3) is 0 Å². The lowest BCUT2D eigenvalue weighted by molar-refractivity contribution is 0.196. The maximum absolute atomic E-state index is 13.5. The third kappa shape index (κ3) is 6.27. The molecule has 0 bridgehead atoms. The van der Waals surface area contributed by atoms with Gasteiger partial charge in [-0.2, -0.15) is 0 Å². The van der Waals surface area contributed by atoms with E-state index in [0.717, 1.165) is 18.9 Å². The lowest BCUT2D eigenvalue weighted by Gasteiger charge is -2.16. The minimum atomic E-state index is -1.73. The third-order valence-electron chi connectivity index (χ3n) is 2.68. The first-order chi connectivity index (χ1) is 9.17. The molecule has 0 amide bonds. The van der Waals surface area contributed by atoms with E-state index in [1.165, 1.54) is 12.1 Å². The van der Waals surface area contributed by atoms with Gasteiger partial charge in [-0.1, -0.05) is 19.9 Å². The zero-order valence-electron chi connectivity index (χ0n) is 11.6. The van der Waals surface area contributed by atoms with Crippen LogP contribution in [0.4, 0.5) is 8.78 Å². The van der Waals surface area contributed by atoms with Crippen LogP contribution in [0, 0.1) is 11.6 Å². The van der Waals surface area contributed by atoms with Crippen molar-refractivity contribution in [3.05, 3.63) is 35.4 Å². The molecule has 108 valence electrons. The van der Waals surface area contributed by atoms with Crippen molar-refractivity contribution in [3.63, 3.8) is 0 Å². The molecule has 1 aromatic carbocycles. The molecule has 0 unspecified atom stereocenters. The summed E-state index contributed by atoms with van der Waals surface area (Å²) in [6.07, 6.45) is 2.43. The fourth-order valence-electron chi connectivity index (χ4n) is 1.71. The van der Waals surface area contributed by atoms with E-state index in [-0.39, 0.29) is 0 Å². The number of benzene rings is 1. The topological polar surface area (TPSA) is 18.5 Å². The molecular weight excluding hydrogens is 266 g/mol. The van der Waals surface area contributed by atoms with Crippen LogP contribution < -0.4 is 0 Å². The van der Waals surface area contributed by atoms with Gasteiger partial charge in [-0.15, -0.1) is 0 Å². The van der Waals surface area contributed by atoms with E-state index in [2.05, 4.69) is 0 Å². The van der Waals surface area contributed by atoms with Crippen molar-refractivity contribution in [2.45, 2.75) is 39.2 Å². The molecule has 0 aliphatic rings. The summed E-state index contributed by atoms with van der Waals surface area (Å²) in [7, 11) is -1.73. The van der Waals surface area contributed by atoms with E-state index in [9.17, 15) is 8.78 Å². The Morgan fingerprint density at radius 2 is 1.68 bits per heavy atom. The summed E-state index contributed by atoms with van der Waals surface area (Å²) in [5.74, 6) is -1.03. The summed E-state index contributed by atoms with van der Waals surface area (Å²) >= 11 is 0. The first-order valence-electron chi connectivity index (χ1n) is 6.84. The highest BCUT2D eigenvalue weighted by atomic mass is 28.3. The highest BCUT2D eigenvalue weighted by Crippen LogP contribution is 2.13. The third-order valence-corrected chi connectivity index (χ3v) is 4.66. The van der Waals surface area contributed by atoms with Gasteiger partial charge in [0.15, 0.2) is 0 Å². The second-order valence-electron chi connectivity index (χ2n) is 4.45. The van der Waals surface area contributed by atoms with Gasteiger partial charge in [0.2, 0.25) is 0 Å². The fraction of sp³-hybridized carbons (Fsp3) is 0.571. The zero-order chi connectivity index (χ0) is 14.1. The Kier molecular flexibility index (Phi) is 7.86. The first kappa shape index (κ1) is 16.3. The molecule has 0 N–H and O–H groups in total. The van der Waals surface area contributed by atoms with Crippen molar-refractivity contribution in [2.75, 3.05) is 13.2 Å². The van der Waals surface area contributed by atoms with Gasteiger partial charge in [0.05, 0.1) is 0 Å². The minimum absolute atomic E-state index is 0.487. The highest BCUT2D eigenvalue weighted by molar-refractivity contribution is 6.44. The van der Waals surface area contributed by atoms with Crippen LogP contribution in [-0.4, -0.2) is 22.5 Å². The van der Waals surface area contributed by atoms with Crippen molar-refractivity contribution in [2.24, 2.45) is 0 Å². The van der Waals surface area contributed by atoms with Gasteiger partial charge in [-0.3, -0.25) is 0 Å². The van der Waals surface area contributed by atoms with Crippen molar-refractivity contribution in [3.8, 4) is 0 Å². The van der Waals surface area contributed by atoms with Crippen LogP contribution >= 0.6 is 0 Å².